The van der Waals surface area contributed by atoms with E-state index in [0.29, 0.717) is 5.56 Å². The van der Waals surface area contributed by atoms with Crippen LogP contribution < -0.4 is 5.73 Å². The molecule has 136 valence electrons. The van der Waals surface area contributed by atoms with Crippen molar-refractivity contribution in [3.05, 3.63) is 81.3 Å². The Bertz CT molecular complexity index is 1040. The highest BCUT2D eigenvalue weighted by atomic mass is 35.5. The molecular formula is C17H13Cl2NO5S. The standard InChI is InChI=1S/C17H13Cl2NO5S/c18-12-7-6-11(8-13(12)19)15-14(21)16(17(20)24-15)25-26(22,23)9-10-4-2-1-3-5-10/h1-8,15H,9,20H2/t15-/m0/s1/i15D. The molecule has 0 bridgehead atoms. The molecule has 1 aliphatic rings. The molecule has 6 nitrogen and oxygen atoms in total. The molecule has 0 spiro atoms. The number of hydrogen-bond donors (Lipinski definition) is 1. The molecule has 9 heteroatoms. The van der Waals surface area contributed by atoms with Gasteiger partial charge in [-0.2, -0.15) is 8.42 Å². The van der Waals surface area contributed by atoms with Gasteiger partial charge in [0, 0.05) is 5.56 Å². The van der Waals surface area contributed by atoms with E-state index >= 15 is 0 Å². The Labute approximate surface area is 161 Å². The fourth-order valence-electron chi connectivity index (χ4n) is 2.26. The number of hydrogen-bond acceptors (Lipinski definition) is 6. The second-order valence-electron chi connectivity index (χ2n) is 5.35. The maximum absolute atomic E-state index is 12.6. The molecule has 26 heavy (non-hydrogen) atoms. The van der Waals surface area contributed by atoms with Crippen LogP contribution in [0.5, 0.6) is 0 Å². The number of rotatable bonds is 5. The fourth-order valence-corrected chi connectivity index (χ4v) is 3.63. The van der Waals surface area contributed by atoms with E-state index in [4.69, 9.17) is 39.2 Å². The first-order chi connectivity index (χ1) is 12.6. The van der Waals surface area contributed by atoms with Crippen molar-refractivity contribution in [2.24, 2.45) is 5.73 Å². The molecule has 2 aromatic carbocycles. The molecule has 0 aliphatic carbocycles. The van der Waals surface area contributed by atoms with Gasteiger partial charge in [-0.15, -0.1) is 0 Å². The lowest BCUT2D eigenvalue weighted by atomic mass is 10.1. The fraction of sp³-hybridized carbons (Fsp3) is 0.118. The van der Waals surface area contributed by atoms with Gasteiger partial charge in [0.2, 0.25) is 17.4 Å². The summed E-state index contributed by atoms with van der Waals surface area (Å²) in [7, 11) is -4.20. The lowest BCUT2D eigenvalue weighted by Gasteiger charge is -2.10. The number of Topliss-reactive ketones (excluding diaryl/α,β-unsaturated/α-hetero) is 1. The van der Waals surface area contributed by atoms with Gasteiger partial charge in [0.05, 0.1) is 11.4 Å². The molecule has 0 amide bonds. The zero-order chi connectivity index (χ0) is 19.8. The van der Waals surface area contributed by atoms with Crippen LogP contribution in [0.2, 0.25) is 10.0 Å². The summed E-state index contributed by atoms with van der Waals surface area (Å²) < 4.78 is 42.9. The highest BCUT2D eigenvalue weighted by molar-refractivity contribution is 7.86. The maximum atomic E-state index is 12.6. The highest BCUT2D eigenvalue weighted by Gasteiger charge is 2.39. The summed E-state index contributed by atoms with van der Waals surface area (Å²) in [5.41, 5.74) is 6.11. The lowest BCUT2D eigenvalue weighted by molar-refractivity contribution is -0.123. The zero-order valence-corrected chi connectivity index (χ0v) is 15.4. The normalized spacial score (nSPS) is 20.7. The van der Waals surface area contributed by atoms with Crippen LogP contribution in [-0.2, 0) is 29.6 Å². The van der Waals surface area contributed by atoms with Crippen LogP contribution in [0.4, 0.5) is 0 Å². The van der Waals surface area contributed by atoms with Crippen LogP contribution in [0.25, 0.3) is 0 Å². The van der Waals surface area contributed by atoms with E-state index in [1.54, 1.807) is 30.3 Å². The minimum absolute atomic E-state index is 0.0314. The van der Waals surface area contributed by atoms with E-state index in [1.807, 2.05) is 0 Å². The van der Waals surface area contributed by atoms with Gasteiger partial charge in [-0.25, -0.2) is 0 Å². The van der Waals surface area contributed by atoms with Crippen LogP contribution in [-0.4, -0.2) is 14.2 Å². The monoisotopic (exact) mass is 414 g/mol. The number of ether oxygens (including phenoxy) is 1. The Kier molecular flexibility index (Phi) is 4.76. The Balaban J connectivity index is 1.86. The molecule has 1 heterocycles. The molecule has 0 radical (unpaired) electrons. The summed E-state index contributed by atoms with van der Waals surface area (Å²) in [5, 5.41) is 0.319. The minimum atomic E-state index is -4.20. The lowest BCUT2D eigenvalue weighted by Crippen LogP contribution is -2.16. The quantitative estimate of drug-likeness (QED) is 0.753. The van der Waals surface area contributed by atoms with Crippen molar-refractivity contribution in [1.82, 2.24) is 0 Å². The van der Waals surface area contributed by atoms with Crippen molar-refractivity contribution in [3.63, 3.8) is 0 Å². The Morgan fingerprint density at radius 2 is 1.85 bits per heavy atom. The summed E-state index contributed by atoms with van der Waals surface area (Å²) in [6.45, 7) is 0. The van der Waals surface area contributed by atoms with Gasteiger partial charge in [0.1, 0.15) is 5.75 Å². The van der Waals surface area contributed by atoms with Gasteiger partial charge in [-0.3, -0.25) is 4.79 Å². The molecule has 0 unspecified atom stereocenters. The first-order valence-electron chi connectivity index (χ1n) is 7.77. The smallest absolute Gasteiger partial charge is 0.313 e. The van der Waals surface area contributed by atoms with Crippen LogP contribution in [0.15, 0.2) is 60.2 Å². The second-order valence-corrected chi connectivity index (χ2v) is 7.74. The van der Waals surface area contributed by atoms with Crippen molar-refractivity contribution in [1.29, 1.82) is 0 Å². The predicted molar refractivity (Wildman–Crippen MR) is 96.7 cm³/mol. The first-order valence-corrected chi connectivity index (χ1v) is 9.61. The van der Waals surface area contributed by atoms with Crippen LogP contribution in [0, 0.1) is 0 Å². The minimum Gasteiger partial charge on any atom is -0.460 e. The van der Waals surface area contributed by atoms with Gasteiger partial charge in [0.25, 0.3) is 0 Å². The molecule has 2 aromatic rings. The van der Waals surface area contributed by atoms with Gasteiger partial charge in [0.15, 0.2) is 6.08 Å². The molecule has 1 aliphatic heterocycles. The Morgan fingerprint density at radius 1 is 1.15 bits per heavy atom. The first kappa shape index (κ1) is 17.2. The average Bonchev–Trinajstić information content (AvgIpc) is 2.81. The Hall–Kier alpha value is -2.22. The molecule has 0 aromatic heterocycles. The molecule has 0 saturated heterocycles. The number of carbonyl (C=O) groups excluding carboxylic acids is 1. The van der Waals surface area contributed by atoms with E-state index in [0.717, 1.165) is 0 Å². The SMILES string of the molecule is [2H][C@@]1(c2ccc(Cl)c(Cl)c2)OC(N)=C(OS(=O)(=O)Cc2ccccc2)C1=O. The summed E-state index contributed by atoms with van der Waals surface area (Å²) in [6, 6.07) is 12.3. The maximum Gasteiger partial charge on any atom is 0.313 e. The largest absolute Gasteiger partial charge is 0.460 e. The average molecular weight is 415 g/mol. The van der Waals surface area contributed by atoms with Crippen molar-refractivity contribution >= 4 is 39.1 Å². The number of nitrogens with two attached hydrogens (primary N) is 1. The van der Waals surface area contributed by atoms with Gasteiger partial charge < -0.3 is 14.7 Å². The molecule has 3 rings (SSSR count). The van der Waals surface area contributed by atoms with Gasteiger partial charge >= 0.3 is 10.1 Å². The van der Waals surface area contributed by atoms with Crippen LogP contribution in [0.1, 0.15) is 18.6 Å². The molecule has 2 N–H and O–H groups in total. The number of ketones is 1. The van der Waals surface area contributed by atoms with E-state index in [9.17, 15) is 13.2 Å². The third-order valence-electron chi connectivity index (χ3n) is 3.43. The summed E-state index contributed by atoms with van der Waals surface area (Å²) in [6.07, 6.45) is -2.32. The molecule has 0 fully saturated rings. The van der Waals surface area contributed by atoms with E-state index in [1.165, 1.54) is 18.2 Å². The van der Waals surface area contributed by atoms with Crippen molar-refractivity contribution in [2.45, 2.75) is 11.8 Å². The van der Waals surface area contributed by atoms with Gasteiger partial charge in [-0.05, 0) is 17.7 Å². The Morgan fingerprint density at radius 3 is 2.50 bits per heavy atom. The molecule has 0 saturated carbocycles. The summed E-state index contributed by atoms with van der Waals surface area (Å²) >= 11 is 11.7. The second kappa shape index (κ2) is 7.19. The topological polar surface area (TPSA) is 95.7 Å². The number of carbonyl (C=O) groups is 1. The van der Waals surface area contributed by atoms with Crippen molar-refractivity contribution in [3.8, 4) is 0 Å². The molecule has 1 atom stereocenters. The zero-order valence-electron chi connectivity index (χ0n) is 14.1. The van der Waals surface area contributed by atoms with Crippen molar-refractivity contribution in [2.75, 3.05) is 0 Å². The molecular weight excluding hydrogens is 401 g/mol. The van der Waals surface area contributed by atoms with Crippen LogP contribution in [0.3, 0.4) is 0 Å². The third-order valence-corrected chi connectivity index (χ3v) is 5.27. The van der Waals surface area contributed by atoms with E-state index in [2.05, 4.69) is 0 Å². The predicted octanol–water partition coefficient (Wildman–Crippen LogP) is 3.31. The summed E-state index contributed by atoms with van der Waals surface area (Å²) in [5.74, 6) is -2.88. The van der Waals surface area contributed by atoms with Crippen molar-refractivity contribution < 1.29 is 23.5 Å². The number of benzene rings is 2. The third kappa shape index (κ3) is 3.95. The summed E-state index contributed by atoms with van der Waals surface area (Å²) in [4.78, 5) is 12.6. The van der Waals surface area contributed by atoms with E-state index < -0.39 is 39.4 Å². The van der Waals surface area contributed by atoms with E-state index in [-0.39, 0.29) is 15.6 Å². The van der Waals surface area contributed by atoms with Crippen LogP contribution >= 0.6 is 23.2 Å². The van der Waals surface area contributed by atoms with Gasteiger partial charge in [-0.1, -0.05) is 59.6 Å². The highest BCUT2D eigenvalue weighted by Crippen LogP contribution is 2.35. The number of halogens is 2.